The van der Waals surface area contributed by atoms with Gasteiger partial charge in [0.15, 0.2) is 11.5 Å². The first-order valence-corrected chi connectivity index (χ1v) is 5.47. The second-order valence-corrected chi connectivity index (χ2v) is 4.05. The molecule has 88 valence electrons. The molecular formula is C10H12N6O. The van der Waals surface area contributed by atoms with Crippen molar-refractivity contribution in [2.45, 2.75) is 18.9 Å². The molecule has 2 aromatic rings. The largest absolute Gasteiger partial charge is 0.368 e. The Bertz CT molecular complexity index is 565. The van der Waals surface area contributed by atoms with Crippen LogP contribution in [0.2, 0.25) is 0 Å². The molecule has 1 aliphatic heterocycles. The monoisotopic (exact) mass is 232 g/mol. The van der Waals surface area contributed by atoms with Gasteiger partial charge in [0.05, 0.1) is 6.33 Å². The summed E-state index contributed by atoms with van der Waals surface area (Å²) < 4.78 is 0. The van der Waals surface area contributed by atoms with Crippen LogP contribution in [0.3, 0.4) is 0 Å². The molecule has 0 saturated carbocycles. The first-order chi connectivity index (χ1) is 8.27. The van der Waals surface area contributed by atoms with Crippen LogP contribution in [0.5, 0.6) is 0 Å². The number of H-pyrrole nitrogens is 1. The number of hydrogen-bond donors (Lipinski definition) is 2. The second-order valence-electron chi connectivity index (χ2n) is 4.05. The number of carbonyl (C=O) groups excluding carboxylic acids is 1. The van der Waals surface area contributed by atoms with E-state index in [2.05, 4.69) is 19.9 Å². The molecule has 1 saturated heterocycles. The number of primary amides is 1. The summed E-state index contributed by atoms with van der Waals surface area (Å²) in [5, 5.41) is 0. The van der Waals surface area contributed by atoms with E-state index in [1.807, 2.05) is 4.90 Å². The van der Waals surface area contributed by atoms with Crippen LogP contribution in [-0.2, 0) is 4.79 Å². The van der Waals surface area contributed by atoms with Gasteiger partial charge in [0.25, 0.3) is 0 Å². The van der Waals surface area contributed by atoms with E-state index in [-0.39, 0.29) is 11.9 Å². The van der Waals surface area contributed by atoms with Crippen LogP contribution in [0.1, 0.15) is 12.8 Å². The number of anilines is 1. The minimum Gasteiger partial charge on any atom is -0.368 e. The van der Waals surface area contributed by atoms with Gasteiger partial charge in [-0.05, 0) is 12.8 Å². The summed E-state index contributed by atoms with van der Waals surface area (Å²) in [5.74, 6) is 0.391. The number of nitrogens with one attached hydrogen (secondary N) is 1. The number of carbonyl (C=O) groups is 1. The number of nitrogens with zero attached hydrogens (tertiary/aromatic N) is 4. The minimum atomic E-state index is -0.311. The van der Waals surface area contributed by atoms with Crippen LogP contribution in [0.15, 0.2) is 12.7 Å². The molecule has 3 heterocycles. The highest BCUT2D eigenvalue weighted by molar-refractivity contribution is 5.89. The molecule has 3 N–H and O–H groups in total. The van der Waals surface area contributed by atoms with Crippen molar-refractivity contribution in [2.75, 3.05) is 11.4 Å². The highest BCUT2D eigenvalue weighted by Crippen LogP contribution is 2.27. The normalized spacial score (nSPS) is 20.0. The molecular weight excluding hydrogens is 220 g/mol. The van der Waals surface area contributed by atoms with Crippen molar-refractivity contribution < 1.29 is 4.79 Å². The fourth-order valence-electron chi connectivity index (χ4n) is 2.29. The number of aromatic nitrogens is 4. The topological polar surface area (TPSA) is 101 Å². The smallest absolute Gasteiger partial charge is 0.240 e. The highest BCUT2D eigenvalue weighted by atomic mass is 16.1. The molecule has 1 amide bonds. The lowest BCUT2D eigenvalue weighted by molar-refractivity contribution is -0.119. The van der Waals surface area contributed by atoms with Gasteiger partial charge in [-0.25, -0.2) is 15.0 Å². The van der Waals surface area contributed by atoms with Gasteiger partial charge < -0.3 is 15.6 Å². The maximum absolute atomic E-state index is 11.4. The summed E-state index contributed by atoms with van der Waals surface area (Å²) in [7, 11) is 0. The first-order valence-electron chi connectivity index (χ1n) is 5.47. The molecule has 1 fully saturated rings. The number of fused-ring (bicyclic) bond motifs is 1. The van der Waals surface area contributed by atoms with E-state index in [1.54, 1.807) is 6.33 Å². The molecule has 0 aromatic carbocycles. The average Bonchev–Trinajstić information content (AvgIpc) is 2.97. The van der Waals surface area contributed by atoms with Crippen LogP contribution in [0, 0.1) is 0 Å². The van der Waals surface area contributed by atoms with Crippen molar-refractivity contribution in [3.8, 4) is 0 Å². The number of nitrogens with two attached hydrogens (primary N) is 1. The van der Waals surface area contributed by atoms with Crippen molar-refractivity contribution in [3.05, 3.63) is 12.7 Å². The van der Waals surface area contributed by atoms with Crippen molar-refractivity contribution in [1.82, 2.24) is 19.9 Å². The third-order valence-corrected chi connectivity index (χ3v) is 3.06. The SMILES string of the molecule is NC(=O)C1CCCN1c1ncnc2nc[nH]c12. The van der Waals surface area contributed by atoms with Gasteiger partial charge in [-0.2, -0.15) is 0 Å². The first kappa shape index (κ1) is 10.0. The van der Waals surface area contributed by atoms with E-state index in [0.717, 1.165) is 24.9 Å². The van der Waals surface area contributed by atoms with Crippen molar-refractivity contribution in [1.29, 1.82) is 0 Å². The Morgan fingerprint density at radius 3 is 3.18 bits per heavy atom. The second kappa shape index (κ2) is 3.69. The zero-order chi connectivity index (χ0) is 11.8. The third kappa shape index (κ3) is 1.50. The summed E-state index contributed by atoms with van der Waals surface area (Å²) in [6.07, 6.45) is 4.73. The molecule has 7 heteroatoms. The Morgan fingerprint density at radius 1 is 1.47 bits per heavy atom. The van der Waals surface area contributed by atoms with Gasteiger partial charge in [-0.3, -0.25) is 4.79 Å². The molecule has 0 spiro atoms. The quantitative estimate of drug-likeness (QED) is 0.747. The maximum Gasteiger partial charge on any atom is 0.240 e. The van der Waals surface area contributed by atoms with Gasteiger partial charge in [0, 0.05) is 6.54 Å². The Balaban J connectivity index is 2.08. The predicted octanol–water partition coefficient (Wildman–Crippen LogP) is -0.193. The van der Waals surface area contributed by atoms with Gasteiger partial charge in [0.1, 0.15) is 17.9 Å². The van der Waals surface area contributed by atoms with Gasteiger partial charge in [-0.15, -0.1) is 0 Å². The Morgan fingerprint density at radius 2 is 2.35 bits per heavy atom. The summed E-state index contributed by atoms with van der Waals surface area (Å²) >= 11 is 0. The average molecular weight is 232 g/mol. The number of aromatic amines is 1. The molecule has 1 aliphatic rings. The van der Waals surface area contributed by atoms with Crippen LogP contribution < -0.4 is 10.6 Å². The lowest BCUT2D eigenvalue weighted by Gasteiger charge is -2.23. The standard InChI is InChI=1S/C10H12N6O/c11-8(17)6-2-1-3-16(6)10-7-9(13-4-12-7)14-5-15-10/h4-6H,1-3H2,(H2,11,17)(H,12,13,14,15). The van der Waals surface area contributed by atoms with Crippen LogP contribution in [-0.4, -0.2) is 38.4 Å². The lowest BCUT2D eigenvalue weighted by Crippen LogP contribution is -2.40. The molecule has 2 aromatic heterocycles. The Hall–Kier alpha value is -2.18. The summed E-state index contributed by atoms with van der Waals surface area (Å²) in [4.78, 5) is 28.6. The zero-order valence-corrected chi connectivity index (χ0v) is 9.13. The molecule has 17 heavy (non-hydrogen) atoms. The zero-order valence-electron chi connectivity index (χ0n) is 9.13. The summed E-state index contributed by atoms with van der Waals surface area (Å²) in [5.41, 5.74) is 6.75. The van der Waals surface area contributed by atoms with Crippen molar-refractivity contribution in [3.63, 3.8) is 0 Å². The number of imidazole rings is 1. The highest BCUT2D eigenvalue weighted by Gasteiger charge is 2.31. The lowest BCUT2D eigenvalue weighted by atomic mass is 10.2. The van der Waals surface area contributed by atoms with E-state index in [9.17, 15) is 4.79 Å². The Labute approximate surface area is 97.1 Å². The molecule has 1 unspecified atom stereocenters. The predicted molar refractivity (Wildman–Crippen MR) is 61.2 cm³/mol. The number of rotatable bonds is 2. The van der Waals surface area contributed by atoms with E-state index in [0.29, 0.717) is 11.5 Å². The molecule has 0 radical (unpaired) electrons. The number of hydrogen-bond acceptors (Lipinski definition) is 5. The molecule has 1 atom stereocenters. The van der Waals surface area contributed by atoms with Crippen molar-refractivity contribution in [2.24, 2.45) is 5.73 Å². The molecule has 3 rings (SSSR count). The summed E-state index contributed by atoms with van der Waals surface area (Å²) in [6, 6.07) is -0.281. The van der Waals surface area contributed by atoms with E-state index < -0.39 is 0 Å². The Kier molecular flexibility index (Phi) is 2.17. The van der Waals surface area contributed by atoms with Crippen molar-refractivity contribution >= 4 is 22.9 Å². The fraction of sp³-hybridized carbons (Fsp3) is 0.400. The molecule has 0 aliphatic carbocycles. The van der Waals surface area contributed by atoms with Crippen LogP contribution in [0.4, 0.5) is 5.82 Å². The van der Waals surface area contributed by atoms with E-state index in [4.69, 9.17) is 5.73 Å². The number of amides is 1. The third-order valence-electron chi connectivity index (χ3n) is 3.06. The van der Waals surface area contributed by atoms with Gasteiger partial charge in [0.2, 0.25) is 5.91 Å². The van der Waals surface area contributed by atoms with Gasteiger partial charge >= 0.3 is 0 Å². The van der Waals surface area contributed by atoms with Crippen LogP contribution >= 0.6 is 0 Å². The van der Waals surface area contributed by atoms with Gasteiger partial charge in [-0.1, -0.05) is 0 Å². The fourth-order valence-corrected chi connectivity index (χ4v) is 2.29. The van der Waals surface area contributed by atoms with E-state index in [1.165, 1.54) is 6.33 Å². The summed E-state index contributed by atoms with van der Waals surface area (Å²) in [6.45, 7) is 0.777. The van der Waals surface area contributed by atoms with E-state index >= 15 is 0 Å². The van der Waals surface area contributed by atoms with Crippen LogP contribution in [0.25, 0.3) is 11.2 Å². The maximum atomic E-state index is 11.4. The molecule has 0 bridgehead atoms. The minimum absolute atomic E-state index is 0.281. The molecule has 7 nitrogen and oxygen atoms in total.